The normalized spacial score (nSPS) is 11.5. The van der Waals surface area contributed by atoms with Crippen LogP contribution >= 0.6 is 0 Å². The highest BCUT2D eigenvalue weighted by atomic mass is 19.4. The van der Waals surface area contributed by atoms with Gasteiger partial charge in [0.15, 0.2) is 0 Å². The number of nitrogens with one attached hydrogen (secondary N) is 2. The second-order valence-corrected chi connectivity index (χ2v) is 3.90. The molecule has 0 saturated heterocycles. The molecule has 0 saturated carbocycles. The van der Waals surface area contributed by atoms with Gasteiger partial charge in [-0.2, -0.15) is 18.3 Å². The van der Waals surface area contributed by atoms with Gasteiger partial charge in [0.05, 0.1) is 12.2 Å². The van der Waals surface area contributed by atoms with Crippen LogP contribution in [0.5, 0.6) is 0 Å². The van der Waals surface area contributed by atoms with E-state index in [1.165, 1.54) is 24.5 Å². The average Bonchev–Trinajstić information content (AvgIpc) is 2.94. The van der Waals surface area contributed by atoms with Gasteiger partial charge >= 0.3 is 6.18 Å². The molecule has 0 fully saturated rings. The van der Waals surface area contributed by atoms with Crippen molar-refractivity contribution in [2.75, 3.05) is 0 Å². The summed E-state index contributed by atoms with van der Waals surface area (Å²) in [5, 5.41) is 8.85. The van der Waals surface area contributed by atoms with Crippen LogP contribution in [-0.4, -0.2) is 26.8 Å². The van der Waals surface area contributed by atoms with Gasteiger partial charge in [0.25, 0.3) is 5.91 Å². The Morgan fingerprint density at radius 2 is 2.21 bits per heavy atom. The Hall–Kier alpha value is -2.25. The Morgan fingerprint density at radius 1 is 1.42 bits per heavy atom. The summed E-state index contributed by atoms with van der Waals surface area (Å²) in [6.45, 7) is -1.01. The largest absolute Gasteiger partial charge is 0.406 e. The van der Waals surface area contributed by atoms with Gasteiger partial charge in [-0.3, -0.25) is 9.89 Å². The van der Waals surface area contributed by atoms with E-state index in [0.717, 1.165) is 4.57 Å². The van der Waals surface area contributed by atoms with E-state index < -0.39 is 18.6 Å². The predicted molar refractivity (Wildman–Crippen MR) is 60.2 cm³/mol. The first-order valence-corrected chi connectivity index (χ1v) is 5.44. The number of amides is 1. The minimum absolute atomic E-state index is 0.0307. The third-order valence-electron chi connectivity index (χ3n) is 2.41. The van der Waals surface area contributed by atoms with Gasteiger partial charge in [0, 0.05) is 12.4 Å². The Morgan fingerprint density at radius 3 is 2.84 bits per heavy atom. The fourth-order valence-corrected chi connectivity index (χ4v) is 1.60. The zero-order valence-electron chi connectivity index (χ0n) is 9.74. The maximum atomic E-state index is 12.3. The maximum absolute atomic E-state index is 12.3. The van der Waals surface area contributed by atoms with E-state index in [1.807, 2.05) is 0 Å². The fourth-order valence-electron chi connectivity index (χ4n) is 1.60. The molecule has 1 amide bonds. The van der Waals surface area contributed by atoms with Crippen molar-refractivity contribution < 1.29 is 18.0 Å². The summed E-state index contributed by atoms with van der Waals surface area (Å²) < 4.78 is 37.8. The standard InChI is InChI=1S/C11H11F3N4O/c12-11(13,14)7-18-5-1-2-9(18)10(19)15-6-8-3-4-16-17-8/h1-5H,6-7H2,(H,15,19)(H,16,17). The molecule has 8 heteroatoms. The van der Waals surface area contributed by atoms with E-state index in [9.17, 15) is 18.0 Å². The van der Waals surface area contributed by atoms with Crippen molar-refractivity contribution in [1.29, 1.82) is 0 Å². The summed E-state index contributed by atoms with van der Waals surface area (Å²) >= 11 is 0. The molecule has 0 atom stereocenters. The number of H-pyrrole nitrogens is 1. The fraction of sp³-hybridized carbons (Fsp3) is 0.273. The molecule has 0 aliphatic heterocycles. The van der Waals surface area contributed by atoms with Crippen LogP contribution < -0.4 is 5.32 Å². The van der Waals surface area contributed by atoms with E-state index in [4.69, 9.17) is 0 Å². The molecule has 0 aromatic carbocycles. The molecule has 102 valence electrons. The zero-order valence-corrected chi connectivity index (χ0v) is 9.74. The topological polar surface area (TPSA) is 62.7 Å². The molecule has 2 aromatic heterocycles. The van der Waals surface area contributed by atoms with Crippen molar-refractivity contribution in [2.24, 2.45) is 0 Å². The van der Waals surface area contributed by atoms with Crippen molar-refractivity contribution in [3.05, 3.63) is 42.0 Å². The number of aromatic amines is 1. The highest BCUT2D eigenvalue weighted by Gasteiger charge is 2.29. The highest BCUT2D eigenvalue weighted by Crippen LogP contribution is 2.19. The molecule has 0 aliphatic rings. The number of halogens is 3. The predicted octanol–water partition coefficient (Wildman–Crippen LogP) is 1.70. The van der Waals surface area contributed by atoms with Crippen LogP contribution in [0.3, 0.4) is 0 Å². The van der Waals surface area contributed by atoms with Crippen LogP contribution in [0.2, 0.25) is 0 Å². The van der Waals surface area contributed by atoms with Gasteiger partial charge in [0.1, 0.15) is 12.2 Å². The summed E-state index contributed by atoms with van der Waals surface area (Å²) in [6, 6.07) is 4.40. The molecule has 0 aliphatic carbocycles. The zero-order chi connectivity index (χ0) is 13.9. The first-order chi connectivity index (χ1) is 8.96. The number of aromatic nitrogens is 3. The Balaban J connectivity index is 2.01. The highest BCUT2D eigenvalue weighted by molar-refractivity contribution is 5.92. The van der Waals surface area contributed by atoms with Crippen LogP contribution in [0, 0.1) is 0 Å². The Bertz CT molecular complexity index is 545. The first kappa shape index (κ1) is 13.2. The SMILES string of the molecule is O=C(NCc1ccn[nH]1)c1cccn1CC(F)(F)F. The van der Waals surface area contributed by atoms with Gasteiger partial charge in [-0.15, -0.1) is 0 Å². The minimum atomic E-state index is -4.36. The molecule has 0 radical (unpaired) electrons. The molecule has 19 heavy (non-hydrogen) atoms. The molecule has 2 heterocycles. The number of nitrogens with zero attached hydrogens (tertiary/aromatic N) is 2. The maximum Gasteiger partial charge on any atom is 0.406 e. The molecule has 0 spiro atoms. The summed E-state index contributed by atoms with van der Waals surface area (Å²) in [7, 11) is 0. The van der Waals surface area contributed by atoms with Crippen LogP contribution in [0.15, 0.2) is 30.6 Å². The van der Waals surface area contributed by atoms with Crippen LogP contribution in [0.25, 0.3) is 0 Å². The van der Waals surface area contributed by atoms with E-state index >= 15 is 0 Å². The van der Waals surface area contributed by atoms with Crippen molar-refractivity contribution in [3.8, 4) is 0 Å². The van der Waals surface area contributed by atoms with Crippen molar-refractivity contribution >= 4 is 5.91 Å². The third-order valence-corrected chi connectivity index (χ3v) is 2.41. The molecular formula is C11H11F3N4O. The first-order valence-electron chi connectivity index (χ1n) is 5.44. The van der Waals surface area contributed by atoms with E-state index in [2.05, 4.69) is 15.5 Å². The quantitative estimate of drug-likeness (QED) is 0.890. The van der Waals surface area contributed by atoms with Crippen molar-refractivity contribution in [1.82, 2.24) is 20.1 Å². The molecule has 2 aromatic rings. The molecular weight excluding hydrogens is 261 g/mol. The lowest BCUT2D eigenvalue weighted by atomic mass is 10.3. The number of carbonyl (C=O) groups is 1. The molecule has 5 nitrogen and oxygen atoms in total. The second kappa shape index (κ2) is 5.17. The number of rotatable bonds is 4. The molecule has 2 N–H and O–H groups in total. The second-order valence-electron chi connectivity index (χ2n) is 3.90. The summed E-state index contributed by atoms with van der Waals surface area (Å²) in [5.41, 5.74) is 0.638. The number of alkyl halides is 3. The Kier molecular flexibility index (Phi) is 3.59. The molecule has 2 rings (SSSR count). The van der Waals surface area contributed by atoms with E-state index in [0.29, 0.717) is 5.69 Å². The minimum Gasteiger partial charge on any atom is -0.345 e. The number of hydrogen-bond acceptors (Lipinski definition) is 2. The number of carbonyl (C=O) groups excluding carboxylic acids is 1. The van der Waals surface area contributed by atoms with Gasteiger partial charge in [-0.1, -0.05) is 0 Å². The smallest absolute Gasteiger partial charge is 0.345 e. The Labute approximate surface area is 106 Å². The lowest BCUT2D eigenvalue weighted by Gasteiger charge is -2.11. The van der Waals surface area contributed by atoms with Crippen molar-refractivity contribution in [2.45, 2.75) is 19.3 Å². The van der Waals surface area contributed by atoms with Crippen LogP contribution in [0.1, 0.15) is 16.2 Å². The average molecular weight is 272 g/mol. The summed E-state index contributed by atoms with van der Waals surface area (Å²) in [6.07, 6.45) is -1.62. The van der Waals surface area contributed by atoms with Gasteiger partial charge in [0.2, 0.25) is 0 Å². The van der Waals surface area contributed by atoms with E-state index in [1.54, 1.807) is 6.07 Å². The van der Waals surface area contributed by atoms with Crippen molar-refractivity contribution in [3.63, 3.8) is 0 Å². The van der Waals surface area contributed by atoms with Crippen LogP contribution in [0.4, 0.5) is 13.2 Å². The monoisotopic (exact) mass is 272 g/mol. The third kappa shape index (κ3) is 3.60. The van der Waals surface area contributed by atoms with Crippen LogP contribution in [-0.2, 0) is 13.1 Å². The lowest BCUT2D eigenvalue weighted by molar-refractivity contribution is -0.140. The molecule has 0 unspecified atom stereocenters. The van der Waals surface area contributed by atoms with E-state index in [-0.39, 0.29) is 12.2 Å². The van der Waals surface area contributed by atoms with Gasteiger partial charge < -0.3 is 9.88 Å². The van der Waals surface area contributed by atoms with Gasteiger partial charge in [-0.25, -0.2) is 0 Å². The number of hydrogen-bond donors (Lipinski definition) is 2. The summed E-state index contributed by atoms with van der Waals surface area (Å²) in [4.78, 5) is 11.8. The molecule has 0 bridgehead atoms. The van der Waals surface area contributed by atoms with Gasteiger partial charge in [-0.05, 0) is 18.2 Å². The lowest BCUT2D eigenvalue weighted by Crippen LogP contribution is -2.28. The summed E-state index contributed by atoms with van der Waals surface area (Å²) in [5.74, 6) is -0.566.